The molecule has 1 aliphatic carbocycles. The average Bonchev–Trinajstić information content (AvgIpc) is 3.16. The van der Waals surface area contributed by atoms with Crippen LogP contribution in [-0.4, -0.2) is 28.0 Å². The van der Waals surface area contributed by atoms with Crippen LogP contribution < -0.4 is 10.2 Å². The van der Waals surface area contributed by atoms with Gasteiger partial charge in [-0.3, -0.25) is 14.4 Å². The molecule has 0 saturated carbocycles. The number of aryl methyl sites for hydroxylation is 1. The number of nitrogens with zero attached hydrogens (tertiary/aromatic N) is 3. The lowest BCUT2D eigenvalue weighted by molar-refractivity contribution is -0.121. The number of carbonyl (C=O) groups excluding carboxylic acids is 3. The van der Waals surface area contributed by atoms with E-state index in [9.17, 15) is 19.6 Å². The molecule has 0 spiro atoms. The molecular formula is C28H24N4O3S. The zero-order chi connectivity index (χ0) is 25.2. The quantitative estimate of drug-likeness (QED) is 0.518. The Labute approximate surface area is 213 Å². The molecule has 1 aliphatic heterocycles. The second-order valence-corrected chi connectivity index (χ2v) is 10.2. The number of fused-ring (bicyclic) bond motifs is 1. The topological polar surface area (TPSA) is 103 Å². The number of pyridine rings is 1. The fourth-order valence-electron chi connectivity index (χ4n) is 4.82. The molecule has 1 saturated heterocycles. The number of nitriles is 1. The number of thioether (sulfide) groups is 1. The summed E-state index contributed by atoms with van der Waals surface area (Å²) in [6, 6.07) is 21.1. The van der Waals surface area contributed by atoms with Crippen LogP contribution in [0, 0.1) is 11.3 Å². The van der Waals surface area contributed by atoms with Gasteiger partial charge in [0.15, 0.2) is 0 Å². The van der Waals surface area contributed by atoms with Gasteiger partial charge in [0.2, 0.25) is 17.7 Å². The van der Waals surface area contributed by atoms with E-state index >= 15 is 0 Å². The Balaban J connectivity index is 1.34. The number of amides is 3. The van der Waals surface area contributed by atoms with Crippen LogP contribution in [0.5, 0.6) is 0 Å². The molecule has 0 radical (unpaired) electrons. The average molecular weight is 497 g/mol. The number of benzene rings is 2. The first kappa shape index (κ1) is 23.8. The lowest BCUT2D eigenvalue weighted by Crippen LogP contribution is -2.31. The summed E-state index contributed by atoms with van der Waals surface area (Å²) in [4.78, 5) is 43.1. The number of nitrogens with one attached hydrogen (secondary N) is 1. The van der Waals surface area contributed by atoms with Crippen molar-refractivity contribution in [2.24, 2.45) is 0 Å². The third-order valence-electron chi connectivity index (χ3n) is 6.55. The molecule has 2 heterocycles. The first-order valence-corrected chi connectivity index (χ1v) is 12.7. The molecule has 36 heavy (non-hydrogen) atoms. The van der Waals surface area contributed by atoms with Crippen molar-refractivity contribution in [1.29, 1.82) is 5.26 Å². The van der Waals surface area contributed by atoms with E-state index in [1.165, 1.54) is 29.1 Å². The zero-order valence-electron chi connectivity index (χ0n) is 19.7. The maximum atomic E-state index is 13.2. The Morgan fingerprint density at radius 2 is 1.86 bits per heavy atom. The molecule has 0 bridgehead atoms. The Bertz CT molecular complexity index is 1380. The number of hydrogen-bond acceptors (Lipinski definition) is 6. The van der Waals surface area contributed by atoms with Gasteiger partial charge in [0.25, 0.3) is 0 Å². The lowest BCUT2D eigenvalue weighted by Gasteiger charge is -2.25. The molecule has 2 aromatic carbocycles. The third-order valence-corrected chi connectivity index (χ3v) is 7.74. The molecule has 1 N–H and O–H groups in total. The van der Waals surface area contributed by atoms with Gasteiger partial charge in [0.1, 0.15) is 11.1 Å². The van der Waals surface area contributed by atoms with Gasteiger partial charge in [-0.1, -0.05) is 42.1 Å². The minimum atomic E-state index is -0.647. The monoisotopic (exact) mass is 496 g/mol. The fraction of sp³-hybridized carbons (Fsp3) is 0.250. The molecule has 2 aliphatic rings. The highest BCUT2D eigenvalue weighted by molar-refractivity contribution is 8.00. The summed E-state index contributed by atoms with van der Waals surface area (Å²) in [7, 11) is 0. The number of hydrogen-bond donors (Lipinski definition) is 1. The molecule has 3 aromatic rings. The van der Waals surface area contributed by atoms with E-state index in [1.54, 1.807) is 24.3 Å². The van der Waals surface area contributed by atoms with E-state index in [1.807, 2.05) is 24.3 Å². The van der Waals surface area contributed by atoms with Crippen molar-refractivity contribution < 1.29 is 14.4 Å². The molecule has 2 atom stereocenters. The predicted molar refractivity (Wildman–Crippen MR) is 138 cm³/mol. The molecule has 7 nitrogen and oxygen atoms in total. The van der Waals surface area contributed by atoms with E-state index in [-0.39, 0.29) is 24.1 Å². The molecule has 1 fully saturated rings. The third kappa shape index (κ3) is 4.75. The van der Waals surface area contributed by atoms with Crippen LogP contribution in [0.3, 0.4) is 0 Å². The molecule has 2 unspecified atom stereocenters. The van der Waals surface area contributed by atoms with Crippen molar-refractivity contribution in [3.05, 3.63) is 83.0 Å². The summed E-state index contributed by atoms with van der Waals surface area (Å²) in [6.07, 6.45) is 2.65. The van der Waals surface area contributed by atoms with Crippen LogP contribution in [0.25, 0.3) is 0 Å². The van der Waals surface area contributed by atoms with Gasteiger partial charge >= 0.3 is 0 Å². The minimum Gasteiger partial charge on any atom is -0.326 e. The van der Waals surface area contributed by atoms with Crippen LogP contribution in [0.15, 0.2) is 65.7 Å². The first-order chi connectivity index (χ1) is 17.4. The van der Waals surface area contributed by atoms with Gasteiger partial charge in [0.05, 0.1) is 16.5 Å². The highest BCUT2D eigenvalue weighted by Crippen LogP contribution is 2.38. The summed E-state index contributed by atoms with van der Waals surface area (Å²) in [5.74, 6) is -0.434. The van der Waals surface area contributed by atoms with Crippen molar-refractivity contribution in [2.45, 2.75) is 48.8 Å². The normalized spacial score (nSPS) is 19.1. The van der Waals surface area contributed by atoms with Crippen molar-refractivity contribution in [1.82, 2.24) is 4.98 Å². The number of rotatable bonds is 5. The molecule has 1 aromatic heterocycles. The summed E-state index contributed by atoms with van der Waals surface area (Å²) >= 11 is 1.19. The van der Waals surface area contributed by atoms with Gasteiger partial charge in [-0.15, -0.1) is 0 Å². The molecular weight excluding hydrogens is 472 g/mol. The first-order valence-electron chi connectivity index (χ1n) is 11.8. The molecule has 5 rings (SSSR count). The molecule has 3 amide bonds. The number of anilines is 2. The SMILES string of the molecule is CC(=O)Nc1ccc(N2C(=O)CC(Sc3nc4c(cc3C#N)CC(c3ccccc3)CC4)C2=O)cc1. The Hall–Kier alpha value is -3.96. The van der Waals surface area contributed by atoms with Gasteiger partial charge in [0, 0.05) is 24.7 Å². The number of imide groups is 1. The van der Waals surface area contributed by atoms with Crippen molar-refractivity contribution >= 4 is 40.9 Å². The van der Waals surface area contributed by atoms with Crippen LogP contribution >= 0.6 is 11.8 Å². The summed E-state index contributed by atoms with van der Waals surface area (Å²) in [6.45, 7) is 1.41. The zero-order valence-corrected chi connectivity index (χ0v) is 20.5. The predicted octanol–water partition coefficient (Wildman–Crippen LogP) is 4.61. The van der Waals surface area contributed by atoms with E-state index in [2.05, 4.69) is 23.5 Å². The van der Waals surface area contributed by atoms with Crippen LogP contribution in [0.4, 0.5) is 11.4 Å². The van der Waals surface area contributed by atoms with E-state index in [0.29, 0.717) is 27.9 Å². The number of aromatic nitrogens is 1. The van der Waals surface area contributed by atoms with Crippen molar-refractivity contribution in [2.75, 3.05) is 10.2 Å². The Morgan fingerprint density at radius 1 is 1.11 bits per heavy atom. The van der Waals surface area contributed by atoms with E-state index in [4.69, 9.17) is 4.98 Å². The van der Waals surface area contributed by atoms with Crippen LogP contribution in [-0.2, 0) is 27.2 Å². The summed E-state index contributed by atoms with van der Waals surface area (Å²) in [5.41, 5.74) is 4.80. The smallest absolute Gasteiger partial charge is 0.247 e. The second kappa shape index (κ2) is 9.96. The fourth-order valence-corrected chi connectivity index (χ4v) is 5.92. The van der Waals surface area contributed by atoms with Crippen molar-refractivity contribution in [3.8, 4) is 6.07 Å². The van der Waals surface area contributed by atoms with Crippen LogP contribution in [0.2, 0.25) is 0 Å². The van der Waals surface area contributed by atoms with Gasteiger partial charge < -0.3 is 5.32 Å². The van der Waals surface area contributed by atoms with Crippen LogP contribution in [0.1, 0.15) is 48.1 Å². The largest absolute Gasteiger partial charge is 0.326 e. The maximum Gasteiger partial charge on any atom is 0.247 e. The summed E-state index contributed by atoms with van der Waals surface area (Å²) < 4.78 is 0. The minimum absolute atomic E-state index is 0.0384. The van der Waals surface area contributed by atoms with E-state index < -0.39 is 5.25 Å². The second-order valence-electron chi connectivity index (χ2n) is 9.02. The highest BCUT2D eigenvalue weighted by Gasteiger charge is 2.41. The number of carbonyl (C=O) groups is 3. The lowest BCUT2D eigenvalue weighted by atomic mass is 9.82. The highest BCUT2D eigenvalue weighted by atomic mass is 32.2. The van der Waals surface area contributed by atoms with Gasteiger partial charge in [-0.2, -0.15) is 5.26 Å². The van der Waals surface area contributed by atoms with E-state index in [0.717, 1.165) is 30.5 Å². The maximum absolute atomic E-state index is 13.2. The van der Waals surface area contributed by atoms with Crippen molar-refractivity contribution in [3.63, 3.8) is 0 Å². The Morgan fingerprint density at radius 3 is 2.56 bits per heavy atom. The van der Waals surface area contributed by atoms with Gasteiger partial charge in [-0.05, 0) is 66.6 Å². The Kier molecular flexibility index (Phi) is 6.57. The molecule has 180 valence electrons. The van der Waals surface area contributed by atoms with Gasteiger partial charge in [-0.25, -0.2) is 9.88 Å². The standard InChI is InChI=1S/C28H24N4O3S/c1-17(33)30-22-8-10-23(11-9-22)32-26(34)15-25(28(32)35)36-27-21(16-29)14-20-13-19(7-12-24(20)31-27)18-5-3-2-4-6-18/h2-6,8-11,14,19,25H,7,12-13,15H2,1H3,(H,30,33). The molecule has 8 heteroatoms. The summed E-state index contributed by atoms with van der Waals surface area (Å²) in [5, 5.41) is 12.3.